The lowest BCUT2D eigenvalue weighted by atomic mass is 9.95. The van der Waals surface area contributed by atoms with E-state index in [1.54, 1.807) is 0 Å². The van der Waals surface area contributed by atoms with Crippen LogP contribution in [0.25, 0.3) is 0 Å². The second kappa shape index (κ2) is 23.9. The molecule has 3 aliphatic rings. The number of esters is 10. The van der Waals surface area contributed by atoms with E-state index in [0.717, 1.165) is 69.2 Å². The van der Waals surface area contributed by atoms with E-state index in [4.69, 9.17) is 71.1 Å². The van der Waals surface area contributed by atoms with Gasteiger partial charge in [-0.15, -0.1) is 0 Å². The molecule has 360 valence electrons. The van der Waals surface area contributed by atoms with Crippen molar-refractivity contribution in [1.29, 1.82) is 0 Å². The number of hydrogen-bond donors (Lipinski definition) is 1. The van der Waals surface area contributed by atoms with Crippen LogP contribution in [0.5, 0.6) is 0 Å². The molecule has 15 atom stereocenters. The van der Waals surface area contributed by atoms with Gasteiger partial charge >= 0.3 is 59.7 Å². The van der Waals surface area contributed by atoms with Gasteiger partial charge in [0.15, 0.2) is 67.7 Å². The number of hydrogen-bond acceptors (Lipinski definition) is 26. The standard InChI is InChI=1S/C38H52O26/c1-14(39)50-11-25-28(54-17(4)42)31(56-19(6)44)34(59-22(9)47)37(62-25)52-13-24-27(53-16(3)41)30(33(36(49)61-24)58-21(8)46)64-38-35(60-23(10)48)32(57-20(7)45)29(55-18(5)43)26(63-38)12-51-15(2)40/h24-38,49H,11-13H2,1-10H3. The molecule has 0 radical (unpaired) electrons. The van der Waals surface area contributed by atoms with Crippen molar-refractivity contribution in [2.24, 2.45) is 0 Å². The third-order valence-electron chi connectivity index (χ3n) is 8.83. The Labute approximate surface area is 364 Å². The van der Waals surface area contributed by atoms with Crippen molar-refractivity contribution >= 4 is 59.7 Å². The van der Waals surface area contributed by atoms with Crippen LogP contribution in [0.15, 0.2) is 0 Å². The molecule has 3 heterocycles. The first kappa shape index (κ1) is 52.8. The molecular formula is C38H52O26. The molecule has 26 heteroatoms. The van der Waals surface area contributed by atoms with E-state index in [9.17, 15) is 53.1 Å². The Kier molecular flexibility index (Phi) is 19.8. The van der Waals surface area contributed by atoms with Crippen molar-refractivity contribution in [2.45, 2.75) is 161 Å². The zero-order valence-corrected chi connectivity index (χ0v) is 36.4. The first-order chi connectivity index (χ1) is 29.9. The molecule has 3 saturated heterocycles. The van der Waals surface area contributed by atoms with E-state index in [1.807, 2.05) is 0 Å². The van der Waals surface area contributed by atoms with Gasteiger partial charge in [0.1, 0.15) is 37.6 Å². The molecule has 0 spiro atoms. The van der Waals surface area contributed by atoms with Gasteiger partial charge in [-0.1, -0.05) is 0 Å². The first-order valence-electron chi connectivity index (χ1n) is 19.4. The third kappa shape index (κ3) is 15.6. The van der Waals surface area contributed by atoms with Gasteiger partial charge in [-0.25, -0.2) is 0 Å². The highest BCUT2D eigenvalue weighted by atomic mass is 16.8. The summed E-state index contributed by atoms with van der Waals surface area (Å²) in [5, 5.41) is 11.4. The van der Waals surface area contributed by atoms with Crippen molar-refractivity contribution in [2.75, 3.05) is 19.8 Å². The highest BCUT2D eigenvalue weighted by molar-refractivity contribution is 5.70. The van der Waals surface area contributed by atoms with Gasteiger partial charge in [0.2, 0.25) is 0 Å². The summed E-state index contributed by atoms with van der Waals surface area (Å²) in [7, 11) is 0. The number of aliphatic hydroxyl groups excluding tert-OH is 1. The number of carbonyl (C=O) groups is 10. The zero-order chi connectivity index (χ0) is 48.2. The van der Waals surface area contributed by atoms with Crippen LogP contribution in [0, 0.1) is 0 Å². The van der Waals surface area contributed by atoms with E-state index in [0.29, 0.717) is 0 Å². The molecule has 3 rings (SSSR count). The summed E-state index contributed by atoms with van der Waals surface area (Å²) in [6.45, 7) is 7.78. The Balaban J connectivity index is 2.16. The van der Waals surface area contributed by atoms with E-state index < -0.39 is 172 Å². The van der Waals surface area contributed by atoms with Gasteiger partial charge in [-0.3, -0.25) is 47.9 Å². The first-order valence-corrected chi connectivity index (χ1v) is 19.4. The van der Waals surface area contributed by atoms with E-state index >= 15 is 0 Å². The highest BCUT2D eigenvalue weighted by Crippen LogP contribution is 2.36. The van der Waals surface area contributed by atoms with Crippen LogP contribution in [0.4, 0.5) is 0 Å². The lowest BCUT2D eigenvalue weighted by Crippen LogP contribution is -2.67. The molecule has 0 aromatic rings. The molecule has 15 unspecified atom stereocenters. The van der Waals surface area contributed by atoms with Crippen LogP contribution in [0.3, 0.4) is 0 Å². The van der Waals surface area contributed by atoms with Gasteiger partial charge in [0.05, 0.1) is 6.61 Å². The molecule has 0 saturated carbocycles. The molecule has 0 amide bonds. The van der Waals surface area contributed by atoms with Crippen molar-refractivity contribution in [3.8, 4) is 0 Å². The lowest BCUT2D eigenvalue weighted by molar-refractivity contribution is -0.363. The fourth-order valence-electron chi connectivity index (χ4n) is 6.80. The van der Waals surface area contributed by atoms with E-state index in [2.05, 4.69) is 0 Å². The fourth-order valence-corrected chi connectivity index (χ4v) is 6.80. The highest BCUT2D eigenvalue weighted by Gasteiger charge is 2.58. The summed E-state index contributed by atoms with van der Waals surface area (Å²) >= 11 is 0. The van der Waals surface area contributed by atoms with Gasteiger partial charge in [0, 0.05) is 69.2 Å². The van der Waals surface area contributed by atoms with E-state index in [-0.39, 0.29) is 0 Å². The van der Waals surface area contributed by atoms with Crippen LogP contribution < -0.4 is 0 Å². The predicted molar refractivity (Wildman–Crippen MR) is 197 cm³/mol. The molecule has 3 aliphatic heterocycles. The fraction of sp³-hybridized carbons (Fsp3) is 0.737. The quantitative estimate of drug-likeness (QED) is 0.123. The number of carbonyl (C=O) groups excluding carboxylic acids is 10. The maximum atomic E-state index is 12.7. The summed E-state index contributed by atoms with van der Waals surface area (Å²) in [6.07, 6.45) is -26.5. The maximum Gasteiger partial charge on any atom is 0.303 e. The van der Waals surface area contributed by atoms with Gasteiger partial charge in [0.25, 0.3) is 0 Å². The SMILES string of the molecule is CC(=O)OCC1OC(OCC2OC(O)C(OC(C)=O)C(OC3OC(COC(C)=O)C(OC(C)=O)C(OC(C)=O)C3OC(C)=O)C2OC(C)=O)C(OC(C)=O)C(OC(C)=O)C1OC(C)=O. The molecule has 0 bridgehead atoms. The number of aliphatic hydroxyl groups is 1. The zero-order valence-electron chi connectivity index (χ0n) is 36.4. The van der Waals surface area contributed by atoms with Crippen LogP contribution in [0.1, 0.15) is 69.2 Å². The minimum atomic E-state index is -2.17. The molecule has 3 fully saturated rings. The van der Waals surface area contributed by atoms with Crippen molar-refractivity contribution in [3.63, 3.8) is 0 Å². The van der Waals surface area contributed by atoms with Crippen LogP contribution in [-0.4, -0.2) is 177 Å². The summed E-state index contributed by atoms with van der Waals surface area (Å²) in [4.78, 5) is 123. The number of ether oxygens (including phenoxy) is 15. The summed E-state index contributed by atoms with van der Waals surface area (Å²) in [6, 6.07) is 0. The maximum absolute atomic E-state index is 12.7. The third-order valence-corrected chi connectivity index (χ3v) is 8.83. The number of rotatable bonds is 17. The Hall–Kier alpha value is -5.54. The molecule has 64 heavy (non-hydrogen) atoms. The van der Waals surface area contributed by atoms with Crippen LogP contribution in [-0.2, 0) is 119 Å². The average Bonchev–Trinajstić information content (AvgIpc) is 3.14. The second-order valence-electron chi connectivity index (χ2n) is 14.3. The summed E-state index contributed by atoms with van der Waals surface area (Å²) in [5.74, 6) is -9.44. The smallest absolute Gasteiger partial charge is 0.303 e. The minimum Gasteiger partial charge on any atom is -0.463 e. The van der Waals surface area contributed by atoms with Gasteiger partial charge in [-0.2, -0.15) is 0 Å². The van der Waals surface area contributed by atoms with Crippen LogP contribution in [0.2, 0.25) is 0 Å². The largest absolute Gasteiger partial charge is 0.463 e. The second-order valence-corrected chi connectivity index (χ2v) is 14.3. The van der Waals surface area contributed by atoms with Crippen LogP contribution >= 0.6 is 0 Å². The topological polar surface area (TPSA) is 329 Å². The molecule has 0 aromatic carbocycles. The van der Waals surface area contributed by atoms with Crippen molar-refractivity contribution in [3.05, 3.63) is 0 Å². The average molecular weight is 925 g/mol. The van der Waals surface area contributed by atoms with Gasteiger partial charge in [-0.05, 0) is 0 Å². The Morgan fingerprint density at radius 2 is 0.641 bits per heavy atom. The van der Waals surface area contributed by atoms with Crippen molar-refractivity contribution < 1.29 is 124 Å². The minimum absolute atomic E-state index is 0.623. The molecule has 0 aromatic heterocycles. The Bertz CT molecular complexity index is 1730. The Morgan fingerprint density at radius 1 is 0.344 bits per heavy atom. The summed E-state index contributed by atoms with van der Waals surface area (Å²) < 4.78 is 83.5. The summed E-state index contributed by atoms with van der Waals surface area (Å²) in [5.41, 5.74) is 0. The monoisotopic (exact) mass is 924 g/mol. The molecular weight excluding hydrogens is 872 g/mol. The normalized spacial score (nSPS) is 32.3. The lowest BCUT2D eigenvalue weighted by Gasteiger charge is -2.48. The van der Waals surface area contributed by atoms with E-state index in [1.165, 1.54) is 0 Å². The van der Waals surface area contributed by atoms with Crippen molar-refractivity contribution in [1.82, 2.24) is 0 Å². The van der Waals surface area contributed by atoms with Gasteiger partial charge < -0.3 is 76.2 Å². The Morgan fingerprint density at radius 3 is 1.02 bits per heavy atom. The molecule has 26 nitrogen and oxygen atoms in total. The molecule has 1 N–H and O–H groups in total. The predicted octanol–water partition coefficient (Wildman–Crippen LogP) is -1.86. The molecule has 0 aliphatic carbocycles.